The van der Waals surface area contributed by atoms with Crippen molar-refractivity contribution in [2.24, 2.45) is 0 Å². The third-order valence-corrected chi connectivity index (χ3v) is 5.15. The van der Waals surface area contributed by atoms with Gasteiger partial charge in [0, 0.05) is 13.0 Å². The molecule has 166 valence electrons. The van der Waals surface area contributed by atoms with Crippen LogP contribution in [0.1, 0.15) is 25.0 Å². The van der Waals surface area contributed by atoms with E-state index in [4.69, 9.17) is 9.47 Å². The Balaban J connectivity index is 1.55. The molecule has 0 aliphatic heterocycles. The number of aliphatic carboxylic acids is 1. The van der Waals surface area contributed by atoms with Crippen molar-refractivity contribution in [2.45, 2.75) is 26.4 Å². The van der Waals surface area contributed by atoms with Gasteiger partial charge in [-0.15, -0.1) is 0 Å². The van der Waals surface area contributed by atoms with Crippen LogP contribution >= 0.6 is 0 Å². The Bertz CT molecular complexity index is 1040. The van der Waals surface area contributed by atoms with Gasteiger partial charge in [0.05, 0.1) is 0 Å². The second-order valence-electron chi connectivity index (χ2n) is 7.41. The zero-order chi connectivity index (χ0) is 22.9. The second kappa shape index (κ2) is 11.3. The average molecular weight is 435 g/mol. The van der Waals surface area contributed by atoms with E-state index < -0.39 is 12.1 Å². The summed E-state index contributed by atoms with van der Waals surface area (Å²) in [6.45, 7) is 4.59. The number of carboxylic acids is 1. The second-order valence-corrected chi connectivity index (χ2v) is 7.41. The molecule has 1 N–H and O–H groups in total. The van der Waals surface area contributed by atoms with E-state index in [9.17, 15) is 14.3 Å². The van der Waals surface area contributed by atoms with Crippen LogP contribution in [0.5, 0.6) is 5.75 Å². The molecule has 1 atom stereocenters. The highest BCUT2D eigenvalue weighted by Crippen LogP contribution is 2.23. The molecule has 0 unspecified atom stereocenters. The molecule has 3 aromatic carbocycles. The topological polar surface area (TPSA) is 55.8 Å². The Labute approximate surface area is 187 Å². The Hall–Kier alpha value is -3.44. The van der Waals surface area contributed by atoms with Crippen molar-refractivity contribution in [3.63, 3.8) is 0 Å². The maximum atomic E-state index is 13.1. The summed E-state index contributed by atoms with van der Waals surface area (Å²) >= 11 is 0. The van der Waals surface area contributed by atoms with E-state index in [1.165, 1.54) is 12.1 Å². The highest BCUT2D eigenvalue weighted by molar-refractivity contribution is 5.72. The first-order chi connectivity index (χ1) is 15.5. The van der Waals surface area contributed by atoms with Crippen molar-refractivity contribution in [3.8, 4) is 16.9 Å². The summed E-state index contributed by atoms with van der Waals surface area (Å²) in [6, 6.07) is 22.0. The minimum absolute atomic E-state index is 0.242. The van der Waals surface area contributed by atoms with Crippen LogP contribution in [0.4, 0.5) is 4.39 Å². The Morgan fingerprint density at radius 1 is 0.969 bits per heavy atom. The van der Waals surface area contributed by atoms with Crippen LogP contribution in [0.25, 0.3) is 16.7 Å². The summed E-state index contributed by atoms with van der Waals surface area (Å²) in [5.74, 6) is -0.486. The number of ether oxygens (including phenoxy) is 2. The van der Waals surface area contributed by atoms with Gasteiger partial charge in [-0.25, -0.2) is 9.18 Å². The SMILES string of the molecule is CCO[C@@H](Cc1ccc(OCC=C(C)c2ccc(-c3ccc(F)cc3)cc2)cc1)C(=O)O. The molecular weight excluding hydrogens is 407 g/mol. The zero-order valence-electron chi connectivity index (χ0n) is 18.3. The number of rotatable bonds is 10. The summed E-state index contributed by atoms with van der Waals surface area (Å²) in [5.41, 5.74) is 5.07. The maximum absolute atomic E-state index is 13.1. The number of carbonyl (C=O) groups is 1. The van der Waals surface area contributed by atoms with Crippen molar-refractivity contribution >= 4 is 11.5 Å². The Morgan fingerprint density at radius 2 is 1.56 bits per heavy atom. The van der Waals surface area contributed by atoms with E-state index in [1.807, 2.05) is 61.5 Å². The first kappa shape index (κ1) is 23.2. The highest BCUT2D eigenvalue weighted by Gasteiger charge is 2.17. The maximum Gasteiger partial charge on any atom is 0.333 e. The molecule has 0 heterocycles. The van der Waals surface area contributed by atoms with Gasteiger partial charge in [-0.2, -0.15) is 0 Å². The molecule has 4 nitrogen and oxygen atoms in total. The van der Waals surface area contributed by atoms with Gasteiger partial charge in [0.25, 0.3) is 0 Å². The van der Waals surface area contributed by atoms with Crippen LogP contribution in [0.2, 0.25) is 0 Å². The standard InChI is InChI=1S/C27H27FO4/c1-3-31-26(27(29)30)18-20-4-14-25(15-5-20)32-17-16-19(2)21-6-8-22(9-7-21)23-10-12-24(28)13-11-23/h4-16,26H,3,17-18H2,1-2H3,(H,29,30)/t26-/m0/s1. The lowest BCUT2D eigenvalue weighted by Crippen LogP contribution is -2.26. The van der Waals surface area contributed by atoms with Crippen LogP contribution in [0.15, 0.2) is 78.9 Å². The summed E-state index contributed by atoms with van der Waals surface area (Å²) in [4.78, 5) is 11.2. The lowest BCUT2D eigenvalue weighted by molar-refractivity contribution is -0.149. The number of hydrogen-bond acceptors (Lipinski definition) is 3. The van der Waals surface area contributed by atoms with Crippen LogP contribution in [-0.2, 0) is 16.0 Å². The summed E-state index contributed by atoms with van der Waals surface area (Å²) in [6.07, 6.45) is 1.49. The molecular formula is C27H27FO4. The molecule has 3 rings (SSSR count). The molecule has 0 aliphatic rings. The minimum Gasteiger partial charge on any atom is -0.490 e. The van der Waals surface area contributed by atoms with Crippen LogP contribution in [0, 0.1) is 5.82 Å². The largest absolute Gasteiger partial charge is 0.490 e. The van der Waals surface area contributed by atoms with E-state index in [2.05, 4.69) is 0 Å². The van der Waals surface area contributed by atoms with Gasteiger partial charge >= 0.3 is 5.97 Å². The first-order valence-electron chi connectivity index (χ1n) is 10.6. The minimum atomic E-state index is -0.960. The summed E-state index contributed by atoms with van der Waals surface area (Å²) in [7, 11) is 0. The van der Waals surface area contributed by atoms with Crippen molar-refractivity contribution in [1.29, 1.82) is 0 Å². The fourth-order valence-electron chi connectivity index (χ4n) is 3.30. The molecule has 0 aliphatic carbocycles. The van der Waals surface area contributed by atoms with Gasteiger partial charge in [-0.05, 0) is 72.0 Å². The molecule has 0 fully saturated rings. The molecule has 0 bridgehead atoms. The normalized spacial score (nSPS) is 12.4. The van der Waals surface area contributed by atoms with Crippen LogP contribution < -0.4 is 4.74 Å². The molecule has 0 spiro atoms. The smallest absolute Gasteiger partial charge is 0.333 e. The number of benzene rings is 3. The van der Waals surface area contributed by atoms with Crippen LogP contribution in [-0.4, -0.2) is 30.4 Å². The van der Waals surface area contributed by atoms with E-state index in [1.54, 1.807) is 19.1 Å². The van der Waals surface area contributed by atoms with Gasteiger partial charge in [0.15, 0.2) is 6.10 Å². The number of hydrogen-bond donors (Lipinski definition) is 1. The Kier molecular flexibility index (Phi) is 8.17. The lowest BCUT2D eigenvalue weighted by Gasteiger charge is -2.12. The van der Waals surface area contributed by atoms with E-state index >= 15 is 0 Å². The highest BCUT2D eigenvalue weighted by atomic mass is 19.1. The van der Waals surface area contributed by atoms with E-state index in [0.717, 1.165) is 27.8 Å². The van der Waals surface area contributed by atoms with Gasteiger partial charge in [0.1, 0.15) is 18.2 Å². The van der Waals surface area contributed by atoms with Gasteiger partial charge in [-0.1, -0.05) is 48.5 Å². The molecule has 0 radical (unpaired) electrons. The van der Waals surface area contributed by atoms with Crippen molar-refractivity contribution in [1.82, 2.24) is 0 Å². The molecule has 32 heavy (non-hydrogen) atoms. The fraction of sp³-hybridized carbons (Fsp3) is 0.222. The van der Waals surface area contributed by atoms with Crippen molar-refractivity contribution in [2.75, 3.05) is 13.2 Å². The van der Waals surface area contributed by atoms with Gasteiger partial charge in [0.2, 0.25) is 0 Å². The third-order valence-electron chi connectivity index (χ3n) is 5.15. The lowest BCUT2D eigenvalue weighted by atomic mass is 10.0. The predicted octanol–water partition coefficient (Wildman–Crippen LogP) is 6.01. The van der Waals surface area contributed by atoms with E-state index in [0.29, 0.717) is 25.4 Å². The quantitative estimate of drug-likeness (QED) is 0.425. The summed E-state index contributed by atoms with van der Waals surface area (Å²) in [5, 5.41) is 9.20. The number of halogens is 1. The molecule has 0 amide bonds. The first-order valence-corrected chi connectivity index (χ1v) is 10.6. The molecule has 5 heteroatoms. The fourth-order valence-corrected chi connectivity index (χ4v) is 3.30. The molecule has 0 saturated carbocycles. The average Bonchev–Trinajstić information content (AvgIpc) is 2.80. The van der Waals surface area contributed by atoms with Crippen molar-refractivity contribution < 1.29 is 23.8 Å². The van der Waals surface area contributed by atoms with E-state index in [-0.39, 0.29) is 5.82 Å². The monoisotopic (exact) mass is 434 g/mol. The molecule has 3 aromatic rings. The summed E-state index contributed by atoms with van der Waals surface area (Å²) < 4.78 is 24.1. The molecule has 0 aromatic heterocycles. The third kappa shape index (κ3) is 6.53. The molecule has 0 saturated heterocycles. The number of carboxylic acid groups (broad SMARTS) is 1. The zero-order valence-corrected chi connectivity index (χ0v) is 18.3. The number of allylic oxidation sites excluding steroid dienone is 1. The van der Waals surface area contributed by atoms with Gasteiger partial charge < -0.3 is 14.6 Å². The predicted molar refractivity (Wildman–Crippen MR) is 124 cm³/mol. The Morgan fingerprint density at radius 3 is 2.12 bits per heavy atom. The van der Waals surface area contributed by atoms with Crippen molar-refractivity contribution in [3.05, 3.63) is 95.8 Å². The van der Waals surface area contributed by atoms with Crippen LogP contribution in [0.3, 0.4) is 0 Å². The van der Waals surface area contributed by atoms with Gasteiger partial charge in [-0.3, -0.25) is 0 Å².